The van der Waals surface area contributed by atoms with E-state index in [1.807, 2.05) is 6.92 Å². The number of benzene rings is 1. The molecular weight excluding hydrogens is 275 g/mol. The van der Waals surface area contributed by atoms with Crippen LogP contribution in [0.15, 0.2) is 29.4 Å². The standard InChI is InChI=1S/C10H13IN2/c1-8(13-12)2-3-9-4-6-10(11)7-5-9/h4-7H,2-3,12H2,1H3/b13-8-. The van der Waals surface area contributed by atoms with E-state index in [4.69, 9.17) is 5.84 Å². The molecule has 0 atom stereocenters. The third-order valence-corrected chi connectivity index (χ3v) is 2.63. The van der Waals surface area contributed by atoms with Gasteiger partial charge in [-0.1, -0.05) is 12.1 Å². The predicted molar refractivity (Wildman–Crippen MR) is 64.8 cm³/mol. The van der Waals surface area contributed by atoms with Crippen molar-refractivity contribution in [2.45, 2.75) is 19.8 Å². The second-order valence-electron chi connectivity index (χ2n) is 2.99. The molecule has 0 unspecified atom stereocenters. The van der Waals surface area contributed by atoms with E-state index in [1.165, 1.54) is 9.13 Å². The number of hydrogen-bond donors (Lipinski definition) is 1. The summed E-state index contributed by atoms with van der Waals surface area (Å²) in [5.74, 6) is 5.15. The Kier molecular flexibility index (Phi) is 4.21. The average molecular weight is 288 g/mol. The van der Waals surface area contributed by atoms with Crippen LogP contribution in [0.4, 0.5) is 0 Å². The molecular formula is C10H13IN2. The number of aryl methyl sites for hydroxylation is 1. The first kappa shape index (κ1) is 10.5. The van der Waals surface area contributed by atoms with Gasteiger partial charge >= 0.3 is 0 Å². The fraction of sp³-hybridized carbons (Fsp3) is 0.300. The van der Waals surface area contributed by atoms with Crippen LogP contribution < -0.4 is 5.84 Å². The molecule has 0 amide bonds. The van der Waals surface area contributed by atoms with Gasteiger partial charge in [0.15, 0.2) is 0 Å². The minimum atomic E-state index is 0.942. The summed E-state index contributed by atoms with van der Waals surface area (Å²) in [6, 6.07) is 8.52. The number of nitrogens with two attached hydrogens (primary N) is 1. The highest BCUT2D eigenvalue weighted by molar-refractivity contribution is 14.1. The predicted octanol–water partition coefficient (Wildman–Crippen LogP) is 2.56. The summed E-state index contributed by atoms with van der Waals surface area (Å²) >= 11 is 2.30. The van der Waals surface area contributed by atoms with Gasteiger partial charge in [-0.15, -0.1) is 0 Å². The second-order valence-corrected chi connectivity index (χ2v) is 4.24. The maximum Gasteiger partial charge on any atom is 0.0348 e. The largest absolute Gasteiger partial charge is 0.323 e. The van der Waals surface area contributed by atoms with Crippen molar-refractivity contribution in [1.29, 1.82) is 0 Å². The van der Waals surface area contributed by atoms with Crippen molar-refractivity contribution in [3.63, 3.8) is 0 Å². The molecule has 0 aliphatic carbocycles. The summed E-state index contributed by atoms with van der Waals surface area (Å²) in [5.41, 5.74) is 2.34. The highest BCUT2D eigenvalue weighted by Crippen LogP contribution is 2.08. The lowest BCUT2D eigenvalue weighted by atomic mass is 10.1. The zero-order valence-corrected chi connectivity index (χ0v) is 9.78. The monoisotopic (exact) mass is 288 g/mol. The summed E-state index contributed by atoms with van der Waals surface area (Å²) in [4.78, 5) is 0. The van der Waals surface area contributed by atoms with Crippen LogP contribution in [-0.2, 0) is 6.42 Å². The molecule has 2 nitrogen and oxygen atoms in total. The van der Waals surface area contributed by atoms with Gasteiger partial charge in [-0.25, -0.2) is 0 Å². The Morgan fingerprint density at radius 3 is 2.54 bits per heavy atom. The van der Waals surface area contributed by atoms with Gasteiger partial charge in [0.1, 0.15) is 0 Å². The van der Waals surface area contributed by atoms with Crippen LogP contribution in [0.2, 0.25) is 0 Å². The first-order valence-electron chi connectivity index (χ1n) is 4.20. The second kappa shape index (κ2) is 5.21. The third kappa shape index (κ3) is 3.76. The summed E-state index contributed by atoms with van der Waals surface area (Å²) < 4.78 is 1.27. The van der Waals surface area contributed by atoms with Crippen LogP contribution in [0, 0.1) is 3.57 Å². The van der Waals surface area contributed by atoms with Crippen molar-refractivity contribution in [3.8, 4) is 0 Å². The summed E-state index contributed by atoms with van der Waals surface area (Å²) in [6.45, 7) is 1.95. The van der Waals surface area contributed by atoms with E-state index in [0.29, 0.717) is 0 Å². The molecule has 1 aromatic carbocycles. The summed E-state index contributed by atoms with van der Waals surface area (Å²) in [7, 11) is 0. The van der Waals surface area contributed by atoms with Crippen LogP contribution in [-0.4, -0.2) is 5.71 Å². The molecule has 0 radical (unpaired) electrons. The topological polar surface area (TPSA) is 38.4 Å². The van der Waals surface area contributed by atoms with Gasteiger partial charge in [0.25, 0.3) is 0 Å². The quantitative estimate of drug-likeness (QED) is 0.395. The number of nitrogens with zero attached hydrogens (tertiary/aromatic N) is 1. The smallest absolute Gasteiger partial charge is 0.0348 e. The zero-order valence-electron chi connectivity index (χ0n) is 7.63. The lowest BCUT2D eigenvalue weighted by Gasteiger charge is -2.00. The molecule has 0 aliphatic heterocycles. The molecule has 0 spiro atoms. The zero-order chi connectivity index (χ0) is 9.68. The van der Waals surface area contributed by atoms with Gasteiger partial charge in [0.2, 0.25) is 0 Å². The van der Waals surface area contributed by atoms with Crippen LogP contribution in [0.3, 0.4) is 0 Å². The molecule has 1 rings (SSSR count). The Bertz CT molecular complexity index is 290. The molecule has 0 bridgehead atoms. The Morgan fingerprint density at radius 2 is 2.00 bits per heavy atom. The Labute approximate surface area is 92.4 Å². The van der Waals surface area contributed by atoms with Crippen LogP contribution in [0.1, 0.15) is 18.9 Å². The Balaban J connectivity index is 2.51. The maximum atomic E-state index is 5.15. The van der Waals surface area contributed by atoms with E-state index in [-0.39, 0.29) is 0 Å². The highest BCUT2D eigenvalue weighted by Gasteiger charge is 1.95. The first-order valence-corrected chi connectivity index (χ1v) is 5.28. The molecule has 2 N–H and O–H groups in total. The molecule has 0 saturated heterocycles. The minimum Gasteiger partial charge on any atom is -0.323 e. The van der Waals surface area contributed by atoms with Gasteiger partial charge < -0.3 is 5.84 Å². The van der Waals surface area contributed by atoms with Crippen LogP contribution in [0.5, 0.6) is 0 Å². The van der Waals surface area contributed by atoms with Gasteiger partial charge in [-0.3, -0.25) is 0 Å². The molecule has 1 aromatic rings. The van der Waals surface area contributed by atoms with Crippen molar-refractivity contribution in [3.05, 3.63) is 33.4 Å². The Morgan fingerprint density at radius 1 is 1.38 bits per heavy atom. The van der Waals surface area contributed by atoms with Crippen molar-refractivity contribution < 1.29 is 0 Å². The number of rotatable bonds is 3. The number of hydrogen-bond acceptors (Lipinski definition) is 2. The fourth-order valence-corrected chi connectivity index (χ4v) is 1.40. The highest BCUT2D eigenvalue weighted by atomic mass is 127. The molecule has 70 valence electrons. The van der Waals surface area contributed by atoms with Crippen molar-refractivity contribution in [2.75, 3.05) is 0 Å². The maximum absolute atomic E-state index is 5.15. The van der Waals surface area contributed by atoms with Gasteiger partial charge in [0, 0.05) is 9.28 Å². The van der Waals surface area contributed by atoms with Gasteiger partial charge in [-0.2, -0.15) is 5.10 Å². The molecule has 0 heterocycles. The summed E-state index contributed by atoms with van der Waals surface area (Å²) in [5, 5.41) is 3.64. The van der Waals surface area contributed by atoms with Crippen molar-refractivity contribution >= 4 is 28.3 Å². The van der Waals surface area contributed by atoms with E-state index in [0.717, 1.165) is 18.6 Å². The van der Waals surface area contributed by atoms with E-state index in [2.05, 4.69) is 52.0 Å². The van der Waals surface area contributed by atoms with E-state index in [9.17, 15) is 0 Å². The van der Waals surface area contributed by atoms with Gasteiger partial charge in [0.05, 0.1) is 0 Å². The Hall–Kier alpha value is -0.580. The minimum absolute atomic E-state index is 0.942. The third-order valence-electron chi connectivity index (χ3n) is 1.91. The van der Waals surface area contributed by atoms with E-state index < -0.39 is 0 Å². The van der Waals surface area contributed by atoms with E-state index in [1.54, 1.807) is 0 Å². The molecule has 3 heteroatoms. The number of hydrazone groups is 1. The average Bonchev–Trinajstić information content (AvgIpc) is 2.16. The molecule has 0 aromatic heterocycles. The first-order chi connectivity index (χ1) is 6.22. The van der Waals surface area contributed by atoms with Crippen molar-refractivity contribution in [1.82, 2.24) is 0 Å². The fourth-order valence-electron chi connectivity index (χ4n) is 1.04. The summed E-state index contributed by atoms with van der Waals surface area (Å²) in [6.07, 6.45) is 1.96. The molecule has 13 heavy (non-hydrogen) atoms. The van der Waals surface area contributed by atoms with Gasteiger partial charge in [-0.05, 0) is 60.1 Å². The van der Waals surface area contributed by atoms with Crippen LogP contribution >= 0.6 is 22.6 Å². The molecule has 0 fully saturated rings. The van der Waals surface area contributed by atoms with Crippen LogP contribution in [0.25, 0.3) is 0 Å². The van der Waals surface area contributed by atoms with E-state index >= 15 is 0 Å². The number of halogens is 1. The lowest BCUT2D eigenvalue weighted by Crippen LogP contribution is -1.98. The molecule has 0 saturated carbocycles. The molecule has 0 aliphatic rings. The lowest BCUT2D eigenvalue weighted by molar-refractivity contribution is 1.02. The van der Waals surface area contributed by atoms with Crippen molar-refractivity contribution in [2.24, 2.45) is 10.9 Å². The normalized spacial score (nSPS) is 11.7. The SMILES string of the molecule is C/C(CCc1ccc(I)cc1)=N/N.